The average Bonchev–Trinajstić information content (AvgIpc) is 2.42. The molecule has 3 N–H and O–H groups in total. The van der Waals surface area contributed by atoms with Gasteiger partial charge in [-0.3, -0.25) is 4.57 Å². The van der Waals surface area contributed by atoms with Crippen LogP contribution in [-0.4, -0.2) is 70.2 Å². The van der Waals surface area contributed by atoms with Gasteiger partial charge in [0.25, 0.3) is 0 Å². The van der Waals surface area contributed by atoms with E-state index in [9.17, 15) is 4.57 Å². The van der Waals surface area contributed by atoms with Crippen molar-refractivity contribution in [2.75, 3.05) is 65.1 Å². The van der Waals surface area contributed by atoms with Crippen LogP contribution < -0.4 is 16.0 Å². The van der Waals surface area contributed by atoms with Crippen molar-refractivity contribution >= 4 is 7.60 Å². The van der Waals surface area contributed by atoms with Gasteiger partial charge in [0.1, 0.15) is 0 Å². The molecule has 7 nitrogen and oxygen atoms in total. The van der Waals surface area contributed by atoms with E-state index in [1.807, 2.05) is 0 Å². The highest BCUT2D eigenvalue weighted by Gasteiger charge is 2.30. The summed E-state index contributed by atoms with van der Waals surface area (Å²) < 4.78 is 23.5. The first-order valence-corrected chi connectivity index (χ1v) is 9.32. The Kier molecular flexibility index (Phi) is 7.44. The van der Waals surface area contributed by atoms with E-state index >= 15 is 0 Å². The van der Waals surface area contributed by atoms with Crippen molar-refractivity contribution in [3.8, 4) is 0 Å². The Hall–Kier alpha value is -0.0100. The minimum atomic E-state index is -2.90. The topological polar surface area (TPSA) is 74.9 Å². The maximum absolute atomic E-state index is 12.4. The summed E-state index contributed by atoms with van der Waals surface area (Å²) in [4.78, 5) is 0. The van der Waals surface area contributed by atoms with Crippen LogP contribution >= 0.6 is 7.60 Å². The van der Waals surface area contributed by atoms with Gasteiger partial charge in [0.2, 0.25) is 0 Å². The van der Waals surface area contributed by atoms with Crippen LogP contribution in [0.4, 0.5) is 0 Å². The van der Waals surface area contributed by atoms with E-state index in [1.54, 1.807) is 5.06 Å². The van der Waals surface area contributed by atoms with Crippen molar-refractivity contribution in [2.45, 2.75) is 12.8 Å². The number of hydrogen-bond acceptors (Lipinski definition) is 7. The maximum atomic E-state index is 12.4. The van der Waals surface area contributed by atoms with Gasteiger partial charge in [0, 0.05) is 52.4 Å². The molecule has 2 fully saturated rings. The lowest BCUT2D eigenvalue weighted by atomic mass is 10.4. The first-order valence-electron chi connectivity index (χ1n) is 7.59. The molecule has 2 rings (SSSR count). The van der Waals surface area contributed by atoms with Gasteiger partial charge < -0.3 is 20.5 Å². The third-order valence-corrected chi connectivity index (χ3v) is 5.31. The summed E-state index contributed by atoms with van der Waals surface area (Å²) >= 11 is 0. The molecule has 2 aliphatic heterocycles. The van der Waals surface area contributed by atoms with Gasteiger partial charge in [-0.2, -0.15) is 5.06 Å². The Balaban J connectivity index is 1.80. The second-order valence-electron chi connectivity index (χ2n) is 5.14. The van der Waals surface area contributed by atoms with E-state index < -0.39 is 7.60 Å². The number of hydrogen-bond donors (Lipinski definition) is 3. The molecule has 0 bridgehead atoms. The summed E-state index contributed by atoms with van der Waals surface area (Å²) in [6.07, 6.45) is 2.44. The van der Waals surface area contributed by atoms with E-state index in [0.717, 1.165) is 65.2 Å². The molecule has 20 heavy (non-hydrogen) atoms. The zero-order valence-electron chi connectivity index (χ0n) is 12.1. The minimum Gasteiger partial charge on any atom is -0.314 e. The first kappa shape index (κ1) is 16.4. The highest BCUT2D eigenvalue weighted by Crippen LogP contribution is 2.52. The van der Waals surface area contributed by atoms with E-state index in [4.69, 9.17) is 9.15 Å². The van der Waals surface area contributed by atoms with Crippen LogP contribution in [0.1, 0.15) is 12.8 Å². The summed E-state index contributed by atoms with van der Waals surface area (Å²) in [7, 11) is -2.90. The van der Waals surface area contributed by atoms with Crippen molar-refractivity contribution in [1.29, 1.82) is 0 Å². The van der Waals surface area contributed by atoms with E-state index in [0.29, 0.717) is 12.8 Å². The standard InChI is InChI=1S/C12H27N4O3P/c17-20(12-2-1-11-18-20)19-16-9-7-14-5-3-13-4-6-15-8-10-16/h13-15H,1-12H2. The first-order chi connectivity index (χ1) is 9.79. The smallest absolute Gasteiger partial charge is 0.314 e. The largest absolute Gasteiger partial charge is 0.347 e. The molecule has 2 heterocycles. The SMILES string of the molecule is O=P1(ON2CCNCCNCCNCC2)CCCCO1. The number of hydroxylamine groups is 2. The third-order valence-electron chi connectivity index (χ3n) is 3.39. The Labute approximate surface area is 121 Å². The fourth-order valence-corrected chi connectivity index (χ4v) is 4.04. The molecule has 1 atom stereocenters. The number of nitrogens with zero attached hydrogens (tertiary/aromatic N) is 1. The molecule has 1 unspecified atom stereocenters. The van der Waals surface area contributed by atoms with Crippen molar-refractivity contribution in [2.24, 2.45) is 0 Å². The molecule has 118 valence electrons. The summed E-state index contributed by atoms with van der Waals surface area (Å²) in [5.41, 5.74) is 0. The van der Waals surface area contributed by atoms with Crippen molar-refractivity contribution in [3.05, 3.63) is 0 Å². The Morgan fingerprint density at radius 1 is 0.900 bits per heavy atom. The molecule has 0 radical (unpaired) electrons. The van der Waals surface area contributed by atoms with Crippen LogP contribution in [-0.2, 0) is 13.7 Å². The van der Waals surface area contributed by atoms with Crippen LogP contribution in [0, 0.1) is 0 Å². The number of rotatable bonds is 2. The molecule has 2 saturated heterocycles. The van der Waals surface area contributed by atoms with E-state index in [-0.39, 0.29) is 0 Å². The normalized spacial score (nSPS) is 32.2. The molecule has 0 spiro atoms. The highest BCUT2D eigenvalue weighted by atomic mass is 31.2. The summed E-state index contributed by atoms with van der Waals surface area (Å²) in [6.45, 7) is 7.42. The molecule has 0 aliphatic carbocycles. The minimum absolute atomic E-state index is 0.536. The Morgan fingerprint density at radius 2 is 1.50 bits per heavy atom. The van der Waals surface area contributed by atoms with E-state index in [2.05, 4.69) is 16.0 Å². The summed E-state index contributed by atoms with van der Waals surface area (Å²) in [6, 6.07) is 0. The lowest BCUT2D eigenvalue weighted by molar-refractivity contribution is -0.0708. The maximum Gasteiger partial charge on any atom is 0.347 e. The molecule has 8 heteroatoms. The predicted octanol–water partition coefficient (Wildman–Crippen LogP) is 0.00590. The molecule has 0 aromatic carbocycles. The van der Waals surface area contributed by atoms with Gasteiger partial charge in [-0.05, 0) is 12.8 Å². The van der Waals surface area contributed by atoms with Crippen molar-refractivity contribution in [1.82, 2.24) is 21.0 Å². The van der Waals surface area contributed by atoms with Gasteiger partial charge >= 0.3 is 7.60 Å². The molecule has 0 aromatic rings. The molecular formula is C12H27N4O3P. The lowest BCUT2D eigenvalue weighted by Crippen LogP contribution is -2.41. The van der Waals surface area contributed by atoms with Crippen molar-refractivity contribution < 1.29 is 13.7 Å². The van der Waals surface area contributed by atoms with Crippen LogP contribution in [0.5, 0.6) is 0 Å². The van der Waals surface area contributed by atoms with Crippen LogP contribution in [0.2, 0.25) is 0 Å². The van der Waals surface area contributed by atoms with Gasteiger partial charge in [-0.1, -0.05) is 0 Å². The quantitative estimate of drug-likeness (QED) is 0.620. The molecule has 0 aromatic heterocycles. The number of nitrogens with one attached hydrogen (secondary N) is 3. The molecular weight excluding hydrogens is 279 g/mol. The molecule has 0 saturated carbocycles. The second-order valence-corrected chi connectivity index (χ2v) is 7.23. The van der Waals surface area contributed by atoms with Gasteiger partial charge in [-0.25, -0.2) is 4.62 Å². The fraction of sp³-hybridized carbons (Fsp3) is 1.00. The zero-order chi connectivity index (χ0) is 14.1. The van der Waals surface area contributed by atoms with Crippen LogP contribution in [0.15, 0.2) is 0 Å². The molecule has 2 aliphatic rings. The zero-order valence-corrected chi connectivity index (χ0v) is 13.0. The van der Waals surface area contributed by atoms with Crippen LogP contribution in [0.3, 0.4) is 0 Å². The summed E-state index contributed by atoms with van der Waals surface area (Å²) in [5.74, 6) is 0. The highest BCUT2D eigenvalue weighted by molar-refractivity contribution is 7.53. The van der Waals surface area contributed by atoms with Crippen LogP contribution in [0.25, 0.3) is 0 Å². The van der Waals surface area contributed by atoms with Gasteiger partial charge in [-0.15, -0.1) is 0 Å². The summed E-state index contributed by atoms with van der Waals surface area (Å²) in [5, 5.41) is 11.8. The third kappa shape index (κ3) is 6.18. The monoisotopic (exact) mass is 306 g/mol. The Morgan fingerprint density at radius 3 is 2.05 bits per heavy atom. The average molecular weight is 306 g/mol. The Bertz CT molecular complexity index is 297. The fourth-order valence-electron chi connectivity index (χ4n) is 2.25. The predicted molar refractivity (Wildman–Crippen MR) is 78.9 cm³/mol. The van der Waals surface area contributed by atoms with Gasteiger partial charge in [0.05, 0.1) is 12.8 Å². The van der Waals surface area contributed by atoms with E-state index in [1.165, 1.54) is 0 Å². The van der Waals surface area contributed by atoms with Gasteiger partial charge in [0.15, 0.2) is 0 Å². The molecule has 0 amide bonds. The lowest BCUT2D eigenvalue weighted by Gasteiger charge is -2.29. The van der Waals surface area contributed by atoms with Crippen molar-refractivity contribution in [3.63, 3.8) is 0 Å². The second kappa shape index (κ2) is 9.10.